The van der Waals surface area contributed by atoms with Crippen LogP contribution in [0.15, 0.2) is 0 Å². The van der Waals surface area contributed by atoms with Gasteiger partial charge in [-0.05, 0) is 20.8 Å². The zero-order valence-corrected chi connectivity index (χ0v) is 8.97. The van der Waals surface area contributed by atoms with Gasteiger partial charge < -0.3 is 9.05 Å². The normalized spacial score (nSPS) is 16.8. The summed E-state index contributed by atoms with van der Waals surface area (Å²) < 4.78 is 20.3. The molecule has 0 saturated carbocycles. The fraction of sp³-hybridized carbons (Fsp3) is 0.857. The largest absolute Gasteiger partial charge is 0.391 e. The molecule has 0 aliphatic rings. The van der Waals surface area contributed by atoms with Gasteiger partial charge >= 0.3 is 13.6 Å². The summed E-state index contributed by atoms with van der Waals surface area (Å²) in [6.07, 6.45) is 0. The molecule has 0 N–H and O–H groups in total. The first-order valence-corrected chi connectivity index (χ1v) is 5.55. The topological polar surface area (TPSA) is 52.6 Å². The van der Waals surface area contributed by atoms with Crippen molar-refractivity contribution in [3.63, 3.8) is 0 Å². The van der Waals surface area contributed by atoms with E-state index in [0.717, 1.165) is 0 Å². The van der Waals surface area contributed by atoms with E-state index < -0.39 is 19.0 Å². The maximum atomic E-state index is 11.2. The molecule has 0 bridgehead atoms. The van der Waals surface area contributed by atoms with Crippen LogP contribution in [0.25, 0.3) is 0 Å². The molecule has 1 atom stereocenters. The van der Waals surface area contributed by atoms with Crippen LogP contribution in [-0.4, -0.2) is 19.7 Å². The average molecular weight is 194 g/mol. The SMILES string of the molecule is COP(C)(=O)OC(=O)C(C)(C)C. The van der Waals surface area contributed by atoms with Gasteiger partial charge in [-0.15, -0.1) is 0 Å². The number of rotatable bonds is 2. The molecule has 12 heavy (non-hydrogen) atoms. The second-order valence-electron chi connectivity index (χ2n) is 3.58. The lowest BCUT2D eigenvalue weighted by Gasteiger charge is -2.19. The Bertz CT molecular complexity index is 216. The van der Waals surface area contributed by atoms with Crippen LogP contribution >= 0.6 is 7.60 Å². The van der Waals surface area contributed by atoms with E-state index in [0.29, 0.717) is 0 Å². The van der Waals surface area contributed by atoms with Gasteiger partial charge in [0, 0.05) is 13.8 Å². The maximum absolute atomic E-state index is 11.2. The molecule has 72 valence electrons. The van der Waals surface area contributed by atoms with E-state index in [4.69, 9.17) is 0 Å². The molecule has 0 radical (unpaired) electrons. The highest BCUT2D eigenvalue weighted by molar-refractivity contribution is 7.53. The average Bonchev–Trinajstić information content (AvgIpc) is 1.85. The number of hydrogen-bond donors (Lipinski definition) is 0. The fourth-order valence-corrected chi connectivity index (χ4v) is 0.974. The van der Waals surface area contributed by atoms with E-state index in [1.54, 1.807) is 20.8 Å². The van der Waals surface area contributed by atoms with E-state index in [1.807, 2.05) is 0 Å². The quantitative estimate of drug-likeness (QED) is 0.631. The van der Waals surface area contributed by atoms with Crippen LogP contribution in [0, 0.1) is 5.41 Å². The van der Waals surface area contributed by atoms with Crippen molar-refractivity contribution in [3.8, 4) is 0 Å². The summed E-state index contributed by atoms with van der Waals surface area (Å²) in [5.41, 5.74) is -0.649. The smallest absolute Gasteiger partial charge is 0.378 e. The van der Waals surface area contributed by atoms with Gasteiger partial charge in [-0.25, -0.2) is 4.57 Å². The van der Waals surface area contributed by atoms with Gasteiger partial charge in [-0.3, -0.25) is 4.79 Å². The second kappa shape index (κ2) is 3.58. The molecule has 0 aliphatic carbocycles. The van der Waals surface area contributed by atoms with Crippen molar-refractivity contribution in [1.29, 1.82) is 0 Å². The highest BCUT2D eigenvalue weighted by atomic mass is 31.2. The van der Waals surface area contributed by atoms with Crippen molar-refractivity contribution in [2.45, 2.75) is 20.8 Å². The summed E-state index contributed by atoms with van der Waals surface area (Å²) in [5.74, 6) is -0.518. The van der Waals surface area contributed by atoms with Crippen molar-refractivity contribution in [2.24, 2.45) is 5.41 Å². The molecule has 0 spiro atoms. The van der Waals surface area contributed by atoms with Gasteiger partial charge in [0.15, 0.2) is 0 Å². The Hall–Kier alpha value is -0.340. The number of carbonyl (C=O) groups excluding carboxylic acids is 1. The zero-order valence-electron chi connectivity index (χ0n) is 8.08. The third-order valence-electron chi connectivity index (χ3n) is 1.19. The predicted octanol–water partition coefficient (Wildman–Crippen LogP) is 2.04. The second-order valence-corrected chi connectivity index (χ2v) is 5.67. The van der Waals surface area contributed by atoms with Crippen LogP contribution < -0.4 is 0 Å². The molecule has 0 aromatic carbocycles. The Morgan fingerprint density at radius 3 is 2.00 bits per heavy atom. The third kappa shape index (κ3) is 3.88. The van der Waals surface area contributed by atoms with Crippen molar-refractivity contribution in [1.82, 2.24) is 0 Å². The van der Waals surface area contributed by atoms with Gasteiger partial charge in [0.05, 0.1) is 5.41 Å². The molecule has 0 rings (SSSR count). The van der Waals surface area contributed by atoms with Crippen LogP contribution in [0.3, 0.4) is 0 Å². The van der Waals surface area contributed by atoms with Crippen molar-refractivity contribution in [2.75, 3.05) is 13.8 Å². The first-order valence-electron chi connectivity index (χ1n) is 3.56. The van der Waals surface area contributed by atoms with E-state index in [-0.39, 0.29) is 0 Å². The molecule has 4 nitrogen and oxygen atoms in total. The highest BCUT2D eigenvalue weighted by Crippen LogP contribution is 2.44. The summed E-state index contributed by atoms with van der Waals surface area (Å²) in [6, 6.07) is 0. The first kappa shape index (κ1) is 11.7. The van der Waals surface area contributed by atoms with Crippen molar-refractivity contribution < 1.29 is 18.4 Å². The fourth-order valence-electron chi connectivity index (χ4n) is 0.325. The third-order valence-corrected chi connectivity index (χ3v) is 2.35. The Morgan fingerprint density at radius 1 is 1.33 bits per heavy atom. The molecule has 0 amide bonds. The molecule has 0 saturated heterocycles. The Kier molecular flexibility index (Phi) is 3.48. The first-order chi connectivity index (χ1) is 5.19. The lowest BCUT2D eigenvalue weighted by atomic mass is 9.98. The van der Waals surface area contributed by atoms with E-state index in [1.165, 1.54) is 13.8 Å². The summed E-state index contributed by atoms with van der Waals surface area (Å²) in [5, 5.41) is 0. The van der Waals surface area contributed by atoms with Gasteiger partial charge in [0.1, 0.15) is 0 Å². The number of carbonyl (C=O) groups is 1. The van der Waals surface area contributed by atoms with Gasteiger partial charge in [-0.1, -0.05) is 0 Å². The minimum Gasteiger partial charge on any atom is -0.391 e. The molecule has 0 aromatic heterocycles. The molecular weight excluding hydrogens is 179 g/mol. The molecule has 0 aliphatic heterocycles. The van der Waals surface area contributed by atoms with Gasteiger partial charge in [0.25, 0.3) is 0 Å². The highest BCUT2D eigenvalue weighted by Gasteiger charge is 2.29. The predicted molar refractivity (Wildman–Crippen MR) is 46.1 cm³/mol. The van der Waals surface area contributed by atoms with E-state index in [9.17, 15) is 9.36 Å². The van der Waals surface area contributed by atoms with E-state index >= 15 is 0 Å². The van der Waals surface area contributed by atoms with Crippen molar-refractivity contribution in [3.05, 3.63) is 0 Å². The van der Waals surface area contributed by atoms with Gasteiger partial charge in [0.2, 0.25) is 0 Å². The minimum absolute atomic E-state index is 0.518. The van der Waals surface area contributed by atoms with Crippen LogP contribution in [0.4, 0.5) is 0 Å². The van der Waals surface area contributed by atoms with Crippen LogP contribution in [-0.2, 0) is 18.4 Å². The molecular formula is C7H15O4P. The molecule has 5 heteroatoms. The van der Waals surface area contributed by atoms with Crippen LogP contribution in [0.1, 0.15) is 20.8 Å². The van der Waals surface area contributed by atoms with Crippen molar-refractivity contribution >= 4 is 13.6 Å². The zero-order chi connectivity index (χ0) is 9.99. The van der Waals surface area contributed by atoms with Crippen LogP contribution in [0.2, 0.25) is 0 Å². The lowest BCUT2D eigenvalue weighted by Crippen LogP contribution is -2.21. The summed E-state index contributed by atoms with van der Waals surface area (Å²) in [7, 11) is -1.93. The lowest BCUT2D eigenvalue weighted by molar-refractivity contribution is -0.143. The molecule has 1 unspecified atom stereocenters. The maximum Gasteiger partial charge on any atom is 0.378 e. The summed E-state index contributed by atoms with van der Waals surface area (Å²) in [6.45, 7) is 6.32. The van der Waals surface area contributed by atoms with E-state index in [2.05, 4.69) is 9.05 Å². The van der Waals surface area contributed by atoms with Crippen LogP contribution in [0.5, 0.6) is 0 Å². The van der Waals surface area contributed by atoms with Gasteiger partial charge in [-0.2, -0.15) is 0 Å². The summed E-state index contributed by atoms with van der Waals surface area (Å²) in [4.78, 5) is 11.2. The summed E-state index contributed by atoms with van der Waals surface area (Å²) >= 11 is 0. The monoisotopic (exact) mass is 194 g/mol. The molecule has 0 aromatic rings. The molecule has 0 heterocycles. The Morgan fingerprint density at radius 2 is 1.75 bits per heavy atom. The number of hydrogen-bond acceptors (Lipinski definition) is 4. The minimum atomic E-state index is -3.18. The standard InChI is InChI=1S/C7H15O4P/c1-7(2,3)6(8)11-12(5,9)10-4/h1-5H3. The Labute approximate surface area is 72.8 Å². The Balaban J connectivity index is 4.30. The molecule has 0 fully saturated rings.